The molecule has 0 radical (unpaired) electrons. The highest BCUT2D eigenvalue weighted by Gasteiger charge is 2.45. The Bertz CT molecular complexity index is 320. The van der Waals surface area contributed by atoms with Crippen LogP contribution in [-0.2, 0) is 10.0 Å². The van der Waals surface area contributed by atoms with Crippen LogP contribution in [-0.4, -0.2) is 20.4 Å². The molecule has 2 fully saturated rings. The lowest BCUT2D eigenvalue weighted by Crippen LogP contribution is -2.18. The summed E-state index contributed by atoms with van der Waals surface area (Å²) >= 11 is 0. The summed E-state index contributed by atoms with van der Waals surface area (Å²) in [4.78, 5) is 2.18. The second-order valence-electron chi connectivity index (χ2n) is 3.61. The average molecular weight is 188 g/mol. The molecule has 0 aromatic rings. The zero-order valence-electron chi connectivity index (χ0n) is 6.95. The third-order valence-electron chi connectivity index (χ3n) is 2.48. The van der Waals surface area contributed by atoms with Crippen LogP contribution < -0.4 is 4.83 Å². The molecule has 0 amide bonds. The van der Waals surface area contributed by atoms with E-state index in [4.69, 9.17) is 0 Å². The van der Waals surface area contributed by atoms with Gasteiger partial charge in [0.15, 0.2) is 0 Å². The van der Waals surface area contributed by atoms with E-state index in [1.165, 1.54) is 12.8 Å². The normalized spacial score (nSPS) is 36.6. The molecule has 5 heteroatoms. The van der Waals surface area contributed by atoms with Gasteiger partial charge < -0.3 is 0 Å². The summed E-state index contributed by atoms with van der Waals surface area (Å²) in [6.07, 6.45) is 4.49. The van der Waals surface area contributed by atoms with E-state index in [-0.39, 0.29) is 0 Å². The van der Waals surface area contributed by atoms with E-state index < -0.39 is 10.0 Å². The molecule has 12 heavy (non-hydrogen) atoms. The standard InChI is InChI=1S/C7H12N2O2S/c1-12(10,11)9-8-7-3-2-5-4-6(5)7/h5-6,9H,2-4H2,1H3/b8-7-/t5-,6+/m0/s1. The van der Waals surface area contributed by atoms with Gasteiger partial charge in [0.25, 0.3) is 0 Å². The fourth-order valence-electron chi connectivity index (χ4n) is 1.77. The second kappa shape index (κ2) is 2.45. The second-order valence-corrected chi connectivity index (χ2v) is 5.33. The number of nitrogens with zero attached hydrogens (tertiary/aromatic N) is 1. The third-order valence-corrected chi connectivity index (χ3v) is 2.90. The maximum absolute atomic E-state index is 10.7. The van der Waals surface area contributed by atoms with E-state index in [1.54, 1.807) is 0 Å². The zero-order chi connectivity index (χ0) is 8.77. The predicted octanol–water partition coefficient (Wildman–Crippen LogP) is 0.321. The SMILES string of the molecule is CS(=O)(=O)N/N=C1/CC[C@H]2C[C@@H]12. The topological polar surface area (TPSA) is 58.5 Å². The summed E-state index contributed by atoms with van der Waals surface area (Å²) in [5.74, 6) is 1.41. The summed E-state index contributed by atoms with van der Waals surface area (Å²) in [5.41, 5.74) is 1.05. The molecular weight excluding hydrogens is 176 g/mol. The lowest BCUT2D eigenvalue weighted by atomic mass is 10.2. The van der Waals surface area contributed by atoms with Crippen molar-refractivity contribution in [3.05, 3.63) is 0 Å². The molecule has 0 heterocycles. The summed E-state index contributed by atoms with van der Waals surface area (Å²) in [6.45, 7) is 0. The Morgan fingerprint density at radius 3 is 2.75 bits per heavy atom. The summed E-state index contributed by atoms with van der Waals surface area (Å²) in [7, 11) is -3.15. The van der Waals surface area contributed by atoms with Crippen molar-refractivity contribution < 1.29 is 8.42 Å². The van der Waals surface area contributed by atoms with Gasteiger partial charge in [-0.15, -0.1) is 0 Å². The molecule has 0 bridgehead atoms. The molecule has 2 aliphatic rings. The van der Waals surface area contributed by atoms with Crippen LogP contribution >= 0.6 is 0 Å². The van der Waals surface area contributed by atoms with Crippen LogP contribution in [0, 0.1) is 11.8 Å². The van der Waals surface area contributed by atoms with E-state index in [9.17, 15) is 8.42 Å². The van der Waals surface area contributed by atoms with Gasteiger partial charge in [0.1, 0.15) is 0 Å². The minimum absolute atomic E-state index is 0.597. The van der Waals surface area contributed by atoms with Crippen molar-refractivity contribution >= 4 is 15.7 Å². The van der Waals surface area contributed by atoms with Gasteiger partial charge in [0.05, 0.1) is 6.26 Å². The van der Waals surface area contributed by atoms with Gasteiger partial charge >= 0.3 is 0 Å². The van der Waals surface area contributed by atoms with Crippen molar-refractivity contribution in [1.82, 2.24) is 4.83 Å². The molecule has 68 valence electrons. The number of hydrazone groups is 1. The van der Waals surface area contributed by atoms with Gasteiger partial charge in [0, 0.05) is 11.6 Å². The van der Waals surface area contributed by atoms with Crippen LogP contribution in [0.5, 0.6) is 0 Å². The number of hydrogen-bond acceptors (Lipinski definition) is 3. The fourth-order valence-corrected chi connectivity index (χ4v) is 2.06. The Morgan fingerprint density at radius 1 is 1.58 bits per heavy atom. The molecule has 2 atom stereocenters. The Morgan fingerprint density at radius 2 is 2.33 bits per heavy atom. The molecule has 2 rings (SSSR count). The molecule has 0 spiro atoms. The van der Waals surface area contributed by atoms with E-state index in [0.717, 1.165) is 24.3 Å². The maximum atomic E-state index is 10.7. The first-order chi connectivity index (χ1) is 5.56. The van der Waals surface area contributed by atoms with Crippen LogP contribution in [0.25, 0.3) is 0 Å². The molecule has 1 N–H and O–H groups in total. The smallest absolute Gasteiger partial charge is 0.206 e. The van der Waals surface area contributed by atoms with Crippen LogP contribution in [0.3, 0.4) is 0 Å². The van der Waals surface area contributed by atoms with Gasteiger partial charge in [-0.1, -0.05) is 0 Å². The largest absolute Gasteiger partial charge is 0.244 e. The molecule has 0 unspecified atom stereocenters. The predicted molar refractivity (Wildman–Crippen MR) is 46.2 cm³/mol. The van der Waals surface area contributed by atoms with Crippen molar-refractivity contribution in [2.75, 3.05) is 6.26 Å². The van der Waals surface area contributed by atoms with Crippen LogP contribution in [0.1, 0.15) is 19.3 Å². The van der Waals surface area contributed by atoms with Gasteiger partial charge in [-0.05, 0) is 25.2 Å². The molecule has 0 saturated heterocycles. The van der Waals surface area contributed by atoms with Crippen molar-refractivity contribution in [2.45, 2.75) is 19.3 Å². The van der Waals surface area contributed by atoms with Gasteiger partial charge in [-0.3, -0.25) is 0 Å². The quantitative estimate of drug-likeness (QED) is 0.634. The minimum Gasteiger partial charge on any atom is -0.206 e. The average Bonchev–Trinajstić information content (AvgIpc) is 2.60. The maximum Gasteiger partial charge on any atom is 0.244 e. The zero-order valence-corrected chi connectivity index (χ0v) is 7.76. The van der Waals surface area contributed by atoms with Crippen molar-refractivity contribution in [1.29, 1.82) is 0 Å². The first-order valence-corrected chi connectivity index (χ1v) is 5.98. The summed E-state index contributed by atoms with van der Waals surface area (Å²) in [5, 5.41) is 3.90. The number of nitrogens with one attached hydrogen (secondary N) is 1. The monoisotopic (exact) mass is 188 g/mol. The molecule has 0 aromatic carbocycles. The van der Waals surface area contributed by atoms with E-state index >= 15 is 0 Å². The lowest BCUT2D eigenvalue weighted by Gasteiger charge is -1.99. The minimum atomic E-state index is -3.15. The van der Waals surface area contributed by atoms with Crippen LogP contribution in [0.2, 0.25) is 0 Å². The number of hydrogen-bond donors (Lipinski definition) is 1. The molecular formula is C7H12N2O2S. The molecule has 4 nitrogen and oxygen atoms in total. The fraction of sp³-hybridized carbons (Fsp3) is 0.857. The number of sulfonamides is 1. The van der Waals surface area contributed by atoms with Gasteiger partial charge in [-0.25, -0.2) is 13.2 Å². The lowest BCUT2D eigenvalue weighted by molar-refractivity contribution is 0.590. The Kier molecular flexibility index (Phi) is 1.64. The number of rotatable bonds is 2. The summed E-state index contributed by atoms with van der Waals surface area (Å²) < 4.78 is 21.4. The first kappa shape index (κ1) is 8.04. The molecule has 0 aliphatic heterocycles. The van der Waals surface area contributed by atoms with Crippen molar-refractivity contribution in [3.8, 4) is 0 Å². The summed E-state index contributed by atoms with van der Waals surface area (Å²) in [6, 6.07) is 0. The van der Waals surface area contributed by atoms with Crippen LogP contribution in [0.4, 0.5) is 0 Å². The van der Waals surface area contributed by atoms with E-state index in [0.29, 0.717) is 5.92 Å². The first-order valence-electron chi connectivity index (χ1n) is 4.09. The third kappa shape index (κ3) is 1.60. The Labute approximate surface area is 72.1 Å². The van der Waals surface area contributed by atoms with E-state index in [1.807, 2.05) is 0 Å². The van der Waals surface area contributed by atoms with Crippen LogP contribution in [0.15, 0.2) is 5.10 Å². The number of fused-ring (bicyclic) bond motifs is 1. The van der Waals surface area contributed by atoms with Crippen molar-refractivity contribution in [3.63, 3.8) is 0 Å². The molecule has 0 aromatic heterocycles. The Hall–Kier alpha value is -0.580. The highest BCUT2D eigenvalue weighted by Crippen LogP contribution is 2.49. The van der Waals surface area contributed by atoms with E-state index in [2.05, 4.69) is 9.93 Å². The molecule has 2 saturated carbocycles. The van der Waals surface area contributed by atoms with Gasteiger partial charge in [0.2, 0.25) is 10.0 Å². The van der Waals surface area contributed by atoms with Crippen molar-refractivity contribution in [2.24, 2.45) is 16.9 Å². The van der Waals surface area contributed by atoms with Gasteiger partial charge in [-0.2, -0.15) is 5.10 Å². The highest BCUT2D eigenvalue weighted by atomic mass is 32.2. The highest BCUT2D eigenvalue weighted by molar-refractivity contribution is 7.88. The Balaban J connectivity index is 2.00. The molecule has 2 aliphatic carbocycles.